The smallest absolute Gasteiger partial charge is 0.257 e. The maximum Gasteiger partial charge on any atom is 0.257 e. The number of fused-ring (bicyclic) bond motifs is 1. The van der Waals surface area contributed by atoms with Gasteiger partial charge in [-0.05, 0) is 55.0 Å². The van der Waals surface area contributed by atoms with Gasteiger partial charge in [-0.15, -0.1) is 0 Å². The van der Waals surface area contributed by atoms with Crippen LogP contribution in [0.2, 0.25) is 0 Å². The quantitative estimate of drug-likeness (QED) is 0.583. The lowest BCUT2D eigenvalue weighted by atomic mass is 9.98. The van der Waals surface area contributed by atoms with Gasteiger partial charge in [0.05, 0.1) is 16.8 Å². The van der Waals surface area contributed by atoms with E-state index in [9.17, 15) is 9.18 Å². The summed E-state index contributed by atoms with van der Waals surface area (Å²) in [5, 5.41) is 0.708. The predicted octanol–water partition coefficient (Wildman–Crippen LogP) is 5.29. The van der Waals surface area contributed by atoms with E-state index in [1.54, 1.807) is 12.3 Å². The number of carbonyl (C=O) groups excluding carboxylic acids is 1. The summed E-state index contributed by atoms with van der Waals surface area (Å²) in [6.07, 6.45) is 8.01. The minimum Gasteiger partial charge on any atom is -0.366 e. The summed E-state index contributed by atoms with van der Waals surface area (Å²) in [5.74, 6) is -0.304. The van der Waals surface area contributed by atoms with Crippen LogP contribution in [-0.4, -0.2) is 42.0 Å². The molecule has 1 amide bonds. The molecule has 0 radical (unpaired) electrons. The van der Waals surface area contributed by atoms with Crippen molar-refractivity contribution in [2.45, 2.75) is 25.7 Å². The van der Waals surface area contributed by atoms with E-state index in [1.165, 1.54) is 23.3 Å². The minimum absolute atomic E-state index is 0.00574. The fraction of sp³-hybridized carbons (Fsp3) is 0.308. The molecule has 0 atom stereocenters. The molecule has 2 aliphatic heterocycles. The summed E-state index contributed by atoms with van der Waals surface area (Å²) in [6.45, 7) is 3.01. The van der Waals surface area contributed by atoms with Crippen molar-refractivity contribution >= 4 is 28.1 Å². The number of anilines is 1. The van der Waals surface area contributed by atoms with Crippen LogP contribution in [0.15, 0.2) is 60.8 Å². The van der Waals surface area contributed by atoms with Crippen LogP contribution < -0.4 is 4.90 Å². The molecule has 0 saturated carbocycles. The van der Waals surface area contributed by atoms with Crippen molar-refractivity contribution in [3.8, 4) is 0 Å². The summed E-state index contributed by atoms with van der Waals surface area (Å²) in [5.41, 5.74) is 4.65. The van der Waals surface area contributed by atoms with E-state index in [2.05, 4.69) is 40.2 Å². The fourth-order valence-corrected chi connectivity index (χ4v) is 4.70. The first-order valence-electron chi connectivity index (χ1n) is 11.1. The molecular weight excluding hydrogens is 389 g/mol. The Morgan fingerprint density at radius 1 is 0.968 bits per heavy atom. The second kappa shape index (κ2) is 8.50. The summed E-state index contributed by atoms with van der Waals surface area (Å²) in [7, 11) is 0. The van der Waals surface area contributed by atoms with E-state index >= 15 is 0 Å². The monoisotopic (exact) mass is 415 g/mol. The Kier molecular flexibility index (Phi) is 5.41. The first-order chi connectivity index (χ1) is 15.2. The fourth-order valence-electron chi connectivity index (χ4n) is 4.70. The highest BCUT2D eigenvalue weighted by molar-refractivity contribution is 6.07. The molecule has 1 saturated heterocycles. The molecule has 5 heteroatoms. The molecule has 1 aromatic heterocycles. The van der Waals surface area contributed by atoms with E-state index in [1.807, 2.05) is 11.0 Å². The van der Waals surface area contributed by atoms with Gasteiger partial charge in [-0.25, -0.2) is 4.39 Å². The van der Waals surface area contributed by atoms with Crippen molar-refractivity contribution in [3.05, 3.63) is 77.7 Å². The molecule has 0 bridgehead atoms. The van der Waals surface area contributed by atoms with Gasteiger partial charge in [-0.3, -0.25) is 9.78 Å². The highest BCUT2D eigenvalue weighted by atomic mass is 19.1. The third-order valence-corrected chi connectivity index (χ3v) is 6.35. The zero-order valence-electron chi connectivity index (χ0n) is 17.6. The second-order valence-electron chi connectivity index (χ2n) is 8.33. The second-order valence-corrected chi connectivity index (χ2v) is 8.33. The summed E-state index contributed by atoms with van der Waals surface area (Å²) in [4.78, 5) is 22.1. The number of rotatable bonds is 3. The molecule has 0 unspecified atom stereocenters. The lowest BCUT2D eigenvalue weighted by Gasteiger charge is -2.33. The Balaban J connectivity index is 1.55. The number of nitrogens with zero attached hydrogens (tertiary/aromatic N) is 3. The number of pyridine rings is 1. The zero-order valence-corrected chi connectivity index (χ0v) is 17.6. The Morgan fingerprint density at radius 2 is 1.77 bits per heavy atom. The standard InChI is InChI=1S/C26H26FN3O/c27-21-9-10-24-22(17-21)25(23(18-28-24)26(31)30-13-5-2-6-14-30)29-15-11-20(12-16-29)19-7-3-1-4-8-19/h1,3-4,7-11,17-18H,2,5-6,12-16H2. The average Bonchev–Trinajstić information content (AvgIpc) is 2.84. The number of benzene rings is 2. The Hall–Kier alpha value is -3.21. The number of aromatic nitrogens is 1. The van der Waals surface area contributed by atoms with E-state index in [0.717, 1.165) is 51.0 Å². The Morgan fingerprint density at radius 3 is 2.52 bits per heavy atom. The molecule has 158 valence electrons. The van der Waals surface area contributed by atoms with E-state index in [0.29, 0.717) is 23.0 Å². The number of hydrogen-bond donors (Lipinski definition) is 0. The molecule has 31 heavy (non-hydrogen) atoms. The summed E-state index contributed by atoms with van der Waals surface area (Å²) < 4.78 is 14.2. The van der Waals surface area contributed by atoms with Crippen LogP contribution in [0.25, 0.3) is 16.5 Å². The predicted molar refractivity (Wildman–Crippen MR) is 123 cm³/mol. The summed E-state index contributed by atoms with van der Waals surface area (Å²) >= 11 is 0. The highest BCUT2D eigenvalue weighted by Gasteiger charge is 2.26. The topological polar surface area (TPSA) is 36.4 Å². The lowest BCUT2D eigenvalue weighted by Crippen LogP contribution is -2.37. The molecule has 0 N–H and O–H groups in total. The van der Waals surface area contributed by atoms with E-state index in [4.69, 9.17) is 0 Å². The first-order valence-corrected chi connectivity index (χ1v) is 11.1. The number of carbonyl (C=O) groups is 1. The highest BCUT2D eigenvalue weighted by Crippen LogP contribution is 2.34. The lowest BCUT2D eigenvalue weighted by molar-refractivity contribution is 0.0724. The van der Waals surface area contributed by atoms with Crippen LogP contribution >= 0.6 is 0 Å². The van der Waals surface area contributed by atoms with Crippen LogP contribution in [0.1, 0.15) is 41.6 Å². The maximum atomic E-state index is 14.2. The van der Waals surface area contributed by atoms with Crippen molar-refractivity contribution in [1.29, 1.82) is 0 Å². The molecule has 2 aromatic carbocycles. The first kappa shape index (κ1) is 19.7. The molecule has 1 fully saturated rings. The van der Waals surface area contributed by atoms with E-state index < -0.39 is 0 Å². The van der Waals surface area contributed by atoms with Crippen LogP contribution in [0.5, 0.6) is 0 Å². The van der Waals surface area contributed by atoms with Crippen LogP contribution in [-0.2, 0) is 0 Å². The average molecular weight is 416 g/mol. The molecule has 4 nitrogen and oxygen atoms in total. The van der Waals surface area contributed by atoms with Crippen molar-refractivity contribution in [3.63, 3.8) is 0 Å². The SMILES string of the molecule is O=C(c1cnc2ccc(F)cc2c1N1CC=C(c2ccccc2)CC1)N1CCCCC1. The maximum absolute atomic E-state index is 14.2. The molecule has 2 aliphatic rings. The molecule has 3 aromatic rings. The van der Waals surface area contributed by atoms with Gasteiger partial charge in [-0.1, -0.05) is 36.4 Å². The number of hydrogen-bond acceptors (Lipinski definition) is 3. The van der Waals surface area contributed by atoms with Gasteiger partial charge in [0, 0.05) is 37.8 Å². The Labute approximate surface area is 182 Å². The number of halogens is 1. The molecule has 0 aliphatic carbocycles. The molecule has 0 spiro atoms. The normalized spacial score (nSPS) is 17.0. The van der Waals surface area contributed by atoms with Gasteiger partial charge in [0.25, 0.3) is 5.91 Å². The van der Waals surface area contributed by atoms with Crippen molar-refractivity contribution in [2.24, 2.45) is 0 Å². The van der Waals surface area contributed by atoms with Gasteiger partial charge >= 0.3 is 0 Å². The van der Waals surface area contributed by atoms with Crippen LogP contribution in [0.4, 0.5) is 10.1 Å². The van der Waals surface area contributed by atoms with Gasteiger partial charge in [-0.2, -0.15) is 0 Å². The van der Waals surface area contributed by atoms with Crippen molar-refractivity contribution < 1.29 is 9.18 Å². The van der Waals surface area contributed by atoms with Crippen LogP contribution in [0.3, 0.4) is 0 Å². The van der Waals surface area contributed by atoms with Gasteiger partial charge < -0.3 is 9.80 Å². The molecule has 3 heterocycles. The van der Waals surface area contributed by atoms with Crippen LogP contribution in [0, 0.1) is 5.82 Å². The largest absolute Gasteiger partial charge is 0.366 e. The minimum atomic E-state index is -0.310. The summed E-state index contributed by atoms with van der Waals surface area (Å²) in [6, 6.07) is 15.0. The van der Waals surface area contributed by atoms with Crippen molar-refractivity contribution in [1.82, 2.24) is 9.88 Å². The zero-order chi connectivity index (χ0) is 21.2. The van der Waals surface area contributed by atoms with E-state index in [-0.39, 0.29) is 11.7 Å². The number of piperidine rings is 1. The number of likely N-dealkylation sites (tertiary alicyclic amines) is 1. The van der Waals surface area contributed by atoms with Gasteiger partial charge in [0.2, 0.25) is 0 Å². The molecule has 5 rings (SSSR count). The van der Waals surface area contributed by atoms with Gasteiger partial charge in [0.15, 0.2) is 0 Å². The molecular formula is C26H26FN3O. The van der Waals surface area contributed by atoms with Crippen molar-refractivity contribution in [2.75, 3.05) is 31.1 Å². The number of amides is 1. The third-order valence-electron chi connectivity index (χ3n) is 6.35. The van der Waals surface area contributed by atoms with Gasteiger partial charge in [0.1, 0.15) is 5.82 Å². The Bertz CT molecular complexity index is 1140. The third kappa shape index (κ3) is 3.92.